The van der Waals surface area contributed by atoms with Gasteiger partial charge in [-0.3, -0.25) is 0 Å². The Morgan fingerprint density at radius 2 is 1.60 bits per heavy atom. The zero-order valence-electron chi connectivity index (χ0n) is 4.87. The van der Waals surface area contributed by atoms with E-state index in [2.05, 4.69) is 63.7 Å². The standard InChI is InChI=1S/C4H4Br4O2/c1-3(5,6)4(7,8)2(9)10/h1H3,(H,9,10). The molecule has 0 bridgehead atoms. The third kappa shape index (κ3) is 2.46. The maximum Gasteiger partial charge on any atom is 0.333 e. The van der Waals surface area contributed by atoms with Crippen LogP contribution < -0.4 is 0 Å². The van der Waals surface area contributed by atoms with Crippen molar-refractivity contribution < 1.29 is 9.90 Å². The second-order valence-corrected chi connectivity index (χ2v) is 9.45. The van der Waals surface area contributed by atoms with Gasteiger partial charge in [0.05, 0.1) is 0 Å². The maximum absolute atomic E-state index is 10.5. The SMILES string of the molecule is CC(Br)(Br)C(Br)(Br)C(=O)O. The first-order valence-electron chi connectivity index (χ1n) is 2.18. The van der Waals surface area contributed by atoms with Gasteiger partial charge >= 0.3 is 5.97 Å². The summed E-state index contributed by atoms with van der Waals surface area (Å²) in [6.45, 7) is 1.67. The summed E-state index contributed by atoms with van der Waals surface area (Å²) in [6.07, 6.45) is 0. The van der Waals surface area contributed by atoms with E-state index < -0.39 is 12.4 Å². The van der Waals surface area contributed by atoms with Crippen LogP contribution in [0.15, 0.2) is 0 Å². The van der Waals surface area contributed by atoms with E-state index in [-0.39, 0.29) is 0 Å². The van der Waals surface area contributed by atoms with Crippen LogP contribution in [0.25, 0.3) is 0 Å². The summed E-state index contributed by atoms with van der Waals surface area (Å²) in [5, 5.41) is 8.62. The highest BCUT2D eigenvalue weighted by atomic mass is 79.9. The van der Waals surface area contributed by atoms with Crippen LogP contribution in [-0.2, 0) is 4.79 Å². The summed E-state index contributed by atoms with van der Waals surface area (Å²) in [4.78, 5) is 10.5. The molecule has 0 aliphatic carbocycles. The van der Waals surface area contributed by atoms with Gasteiger partial charge in [-0.1, -0.05) is 63.7 Å². The molecule has 0 spiro atoms. The van der Waals surface area contributed by atoms with Crippen molar-refractivity contribution in [3.05, 3.63) is 0 Å². The Balaban J connectivity index is 4.57. The molecule has 10 heavy (non-hydrogen) atoms. The number of hydrogen-bond acceptors (Lipinski definition) is 1. The van der Waals surface area contributed by atoms with Gasteiger partial charge in [0.25, 0.3) is 0 Å². The highest BCUT2D eigenvalue weighted by Gasteiger charge is 2.47. The number of carboxylic acid groups (broad SMARTS) is 1. The molecule has 0 aliphatic heterocycles. The Kier molecular flexibility index (Phi) is 3.88. The van der Waals surface area contributed by atoms with E-state index in [1.54, 1.807) is 6.92 Å². The topological polar surface area (TPSA) is 37.3 Å². The molecule has 0 heterocycles. The van der Waals surface area contributed by atoms with Crippen molar-refractivity contribution >= 4 is 69.7 Å². The van der Waals surface area contributed by atoms with Crippen LogP contribution in [0.4, 0.5) is 0 Å². The van der Waals surface area contributed by atoms with Crippen molar-refractivity contribution in [2.45, 2.75) is 13.4 Å². The van der Waals surface area contributed by atoms with E-state index in [1.807, 2.05) is 0 Å². The summed E-state index contributed by atoms with van der Waals surface area (Å²) in [6, 6.07) is 0. The summed E-state index contributed by atoms with van der Waals surface area (Å²) in [7, 11) is 0. The molecule has 60 valence electrons. The van der Waals surface area contributed by atoms with Crippen molar-refractivity contribution in [1.82, 2.24) is 0 Å². The first-order chi connectivity index (χ1) is 4.19. The number of halogens is 4. The lowest BCUT2D eigenvalue weighted by Crippen LogP contribution is -2.39. The Morgan fingerprint density at radius 1 is 1.30 bits per heavy atom. The highest BCUT2D eigenvalue weighted by molar-refractivity contribution is 9.30. The van der Waals surface area contributed by atoms with Gasteiger partial charge in [-0.15, -0.1) is 0 Å². The van der Waals surface area contributed by atoms with Crippen LogP contribution in [0, 0.1) is 0 Å². The smallest absolute Gasteiger partial charge is 0.333 e. The second-order valence-electron chi connectivity index (χ2n) is 1.77. The van der Waals surface area contributed by atoms with Gasteiger partial charge in [0.15, 0.2) is 0 Å². The molecular weight excluding hydrogens is 400 g/mol. The summed E-state index contributed by atoms with van der Waals surface area (Å²) in [5.41, 5.74) is 0. The van der Waals surface area contributed by atoms with Crippen molar-refractivity contribution in [3.63, 3.8) is 0 Å². The lowest BCUT2D eigenvalue weighted by atomic mass is 10.3. The first kappa shape index (κ1) is 11.4. The predicted molar refractivity (Wildman–Crippen MR) is 54.5 cm³/mol. The van der Waals surface area contributed by atoms with E-state index in [4.69, 9.17) is 5.11 Å². The minimum Gasteiger partial charge on any atom is -0.480 e. The van der Waals surface area contributed by atoms with Gasteiger partial charge in [-0.05, 0) is 6.92 Å². The van der Waals surface area contributed by atoms with E-state index >= 15 is 0 Å². The minimum absolute atomic E-state index is 0.723. The van der Waals surface area contributed by atoms with Crippen molar-refractivity contribution in [3.8, 4) is 0 Å². The number of rotatable bonds is 2. The molecule has 0 amide bonds. The van der Waals surface area contributed by atoms with Crippen LogP contribution in [0.5, 0.6) is 0 Å². The zero-order chi connectivity index (χ0) is 8.58. The van der Waals surface area contributed by atoms with E-state index in [0.717, 1.165) is 0 Å². The predicted octanol–water partition coefficient (Wildman–Crippen LogP) is 3.06. The third-order valence-corrected chi connectivity index (χ3v) is 6.40. The molecule has 0 rings (SSSR count). The van der Waals surface area contributed by atoms with Crippen LogP contribution in [0.2, 0.25) is 0 Å². The highest BCUT2D eigenvalue weighted by Crippen LogP contribution is 2.47. The summed E-state index contributed by atoms with van der Waals surface area (Å²) >= 11 is 12.3. The number of carboxylic acids is 1. The van der Waals surface area contributed by atoms with Crippen molar-refractivity contribution in [2.75, 3.05) is 0 Å². The normalized spacial score (nSPS) is 13.3. The molecule has 0 saturated carbocycles. The molecule has 6 heteroatoms. The molecule has 0 aromatic heterocycles. The Morgan fingerprint density at radius 3 is 1.60 bits per heavy atom. The van der Waals surface area contributed by atoms with Gasteiger partial charge in [0.2, 0.25) is 3.23 Å². The number of aliphatic carboxylic acids is 1. The quantitative estimate of drug-likeness (QED) is 0.720. The Labute approximate surface area is 92.3 Å². The lowest BCUT2D eigenvalue weighted by Gasteiger charge is -2.26. The van der Waals surface area contributed by atoms with Gasteiger partial charge in [0, 0.05) is 0 Å². The third-order valence-electron chi connectivity index (χ3n) is 0.820. The molecule has 0 aromatic carbocycles. The largest absolute Gasteiger partial charge is 0.480 e. The molecule has 0 unspecified atom stereocenters. The maximum atomic E-state index is 10.5. The van der Waals surface area contributed by atoms with Gasteiger partial charge in [-0.25, -0.2) is 4.79 Å². The fourth-order valence-corrected chi connectivity index (χ4v) is 0.527. The number of hydrogen-bond donors (Lipinski definition) is 1. The monoisotopic (exact) mass is 400 g/mol. The van der Waals surface area contributed by atoms with Gasteiger partial charge < -0.3 is 5.11 Å². The fourth-order valence-electron chi connectivity index (χ4n) is 0.188. The first-order valence-corrected chi connectivity index (χ1v) is 5.36. The van der Waals surface area contributed by atoms with E-state index in [0.29, 0.717) is 0 Å². The molecule has 0 aliphatic rings. The molecule has 0 saturated heterocycles. The van der Waals surface area contributed by atoms with Crippen LogP contribution in [0.3, 0.4) is 0 Å². The average molecular weight is 404 g/mol. The van der Waals surface area contributed by atoms with Crippen molar-refractivity contribution in [2.24, 2.45) is 0 Å². The summed E-state index contributed by atoms with van der Waals surface area (Å²) in [5.74, 6) is -0.997. The van der Waals surface area contributed by atoms with Gasteiger partial charge in [0.1, 0.15) is 3.23 Å². The van der Waals surface area contributed by atoms with E-state index in [9.17, 15) is 4.79 Å². The number of alkyl halides is 4. The molecule has 2 nitrogen and oxygen atoms in total. The van der Waals surface area contributed by atoms with E-state index in [1.165, 1.54) is 0 Å². The van der Waals surface area contributed by atoms with Crippen molar-refractivity contribution in [1.29, 1.82) is 0 Å². The molecule has 1 N–H and O–H groups in total. The lowest BCUT2D eigenvalue weighted by molar-refractivity contribution is -0.136. The molecule has 0 aromatic rings. The van der Waals surface area contributed by atoms with Crippen LogP contribution in [0.1, 0.15) is 6.92 Å². The molecule has 0 radical (unpaired) electrons. The second kappa shape index (κ2) is 3.41. The summed E-state index contributed by atoms with van der Waals surface area (Å²) < 4.78 is -1.91. The zero-order valence-corrected chi connectivity index (χ0v) is 11.2. The van der Waals surface area contributed by atoms with Crippen LogP contribution >= 0.6 is 63.7 Å². The Bertz CT molecular complexity index is 148. The molecule has 0 atom stereocenters. The molecule has 0 fully saturated rings. The average Bonchev–Trinajstić information content (AvgIpc) is 1.62. The van der Waals surface area contributed by atoms with Gasteiger partial charge in [-0.2, -0.15) is 0 Å². The minimum atomic E-state index is -1.19. The fraction of sp³-hybridized carbons (Fsp3) is 0.750. The van der Waals surface area contributed by atoms with Crippen LogP contribution in [-0.4, -0.2) is 17.5 Å². The molecular formula is C4H4Br4O2. The number of carbonyl (C=O) groups is 1. The Hall–Kier alpha value is 1.39.